The van der Waals surface area contributed by atoms with Crippen molar-refractivity contribution in [2.75, 3.05) is 6.61 Å². The summed E-state index contributed by atoms with van der Waals surface area (Å²) in [5, 5.41) is 79.6. The fraction of sp³-hybridized carbons (Fsp3) is 0.429. The van der Waals surface area contributed by atoms with E-state index in [-0.39, 0.29) is 35.2 Å². The Labute approximate surface area is 181 Å². The van der Waals surface area contributed by atoms with Crippen molar-refractivity contribution < 1.29 is 55.1 Å². The second kappa shape index (κ2) is 8.62. The molecular formula is C21H24O11. The van der Waals surface area contributed by atoms with E-state index in [9.17, 15) is 40.9 Å². The van der Waals surface area contributed by atoms with Crippen molar-refractivity contribution in [1.29, 1.82) is 0 Å². The molecule has 4 rings (SSSR count). The van der Waals surface area contributed by atoms with E-state index in [2.05, 4.69) is 0 Å². The maximum atomic E-state index is 10.5. The third kappa shape index (κ3) is 4.01. The van der Waals surface area contributed by atoms with Crippen LogP contribution >= 0.6 is 0 Å². The Hall–Kier alpha value is -2.80. The van der Waals surface area contributed by atoms with Crippen LogP contribution < -0.4 is 9.47 Å². The lowest BCUT2D eigenvalue weighted by Gasteiger charge is -2.39. The van der Waals surface area contributed by atoms with Crippen molar-refractivity contribution in [2.45, 2.75) is 49.3 Å². The molecule has 0 amide bonds. The maximum absolute atomic E-state index is 10.5. The van der Waals surface area contributed by atoms with E-state index in [0.717, 1.165) is 6.07 Å². The summed E-state index contributed by atoms with van der Waals surface area (Å²) in [7, 11) is 0. The van der Waals surface area contributed by atoms with E-state index >= 15 is 0 Å². The summed E-state index contributed by atoms with van der Waals surface area (Å²) in [6.07, 6.45) is -9.40. The Morgan fingerprint density at radius 3 is 2.34 bits per heavy atom. The summed E-state index contributed by atoms with van der Waals surface area (Å²) in [4.78, 5) is 0. The molecule has 11 heteroatoms. The third-order valence-electron chi connectivity index (χ3n) is 5.59. The van der Waals surface area contributed by atoms with Crippen LogP contribution in [0.4, 0.5) is 0 Å². The van der Waals surface area contributed by atoms with E-state index in [1.807, 2.05) is 0 Å². The van der Waals surface area contributed by atoms with Crippen LogP contribution in [0, 0.1) is 0 Å². The molecule has 0 aromatic heterocycles. The zero-order chi connectivity index (χ0) is 23.2. The molecule has 0 radical (unpaired) electrons. The minimum Gasteiger partial charge on any atom is -0.508 e. The summed E-state index contributed by atoms with van der Waals surface area (Å²) >= 11 is 0. The molecule has 174 valence electrons. The number of phenolic OH excluding ortho intramolecular Hbond substituents is 3. The normalized spacial score (nSPS) is 32.1. The first-order valence-electron chi connectivity index (χ1n) is 9.89. The molecule has 11 nitrogen and oxygen atoms in total. The van der Waals surface area contributed by atoms with Gasteiger partial charge in [-0.2, -0.15) is 0 Å². The molecule has 2 heterocycles. The van der Waals surface area contributed by atoms with Gasteiger partial charge in [-0.15, -0.1) is 0 Å². The molecule has 32 heavy (non-hydrogen) atoms. The first-order valence-corrected chi connectivity index (χ1v) is 9.89. The largest absolute Gasteiger partial charge is 0.508 e. The van der Waals surface area contributed by atoms with E-state index in [1.54, 1.807) is 0 Å². The molecule has 7 atom stereocenters. The Bertz CT molecular complexity index is 978. The van der Waals surface area contributed by atoms with E-state index in [4.69, 9.17) is 14.2 Å². The number of fused-ring (bicyclic) bond motifs is 1. The molecule has 2 aliphatic heterocycles. The predicted octanol–water partition coefficient (Wildman–Crippen LogP) is -0.981. The molecule has 0 spiro atoms. The van der Waals surface area contributed by atoms with Gasteiger partial charge in [0, 0.05) is 24.1 Å². The lowest BCUT2D eigenvalue weighted by molar-refractivity contribution is -0.277. The van der Waals surface area contributed by atoms with Gasteiger partial charge in [0.2, 0.25) is 6.29 Å². The second-order valence-corrected chi connectivity index (χ2v) is 7.79. The molecule has 8 N–H and O–H groups in total. The van der Waals surface area contributed by atoms with Crippen molar-refractivity contribution in [3.63, 3.8) is 0 Å². The van der Waals surface area contributed by atoms with Crippen LogP contribution in [0.5, 0.6) is 28.7 Å². The van der Waals surface area contributed by atoms with Crippen LogP contribution in [0.2, 0.25) is 0 Å². The number of aromatic hydroxyl groups is 3. The quantitative estimate of drug-likeness (QED) is 0.285. The Morgan fingerprint density at radius 1 is 0.906 bits per heavy atom. The van der Waals surface area contributed by atoms with Gasteiger partial charge in [0.25, 0.3) is 0 Å². The fourth-order valence-electron chi connectivity index (χ4n) is 3.85. The number of rotatable bonds is 4. The third-order valence-corrected chi connectivity index (χ3v) is 5.59. The molecule has 0 unspecified atom stereocenters. The van der Waals surface area contributed by atoms with Crippen molar-refractivity contribution >= 4 is 0 Å². The highest BCUT2D eigenvalue weighted by Crippen LogP contribution is 2.43. The van der Waals surface area contributed by atoms with Gasteiger partial charge in [-0.3, -0.25) is 0 Å². The topological polar surface area (TPSA) is 190 Å². The van der Waals surface area contributed by atoms with Crippen LogP contribution in [-0.4, -0.2) is 84.3 Å². The highest BCUT2D eigenvalue weighted by atomic mass is 16.7. The van der Waals surface area contributed by atoms with E-state index < -0.39 is 49.5 Å². The van der Waals surface area contributed by atoms with Gasteiger partial charge in [-0.05, 0) is 17.7 Å². The van der Waals surface area contributed by atoms with Crippen LogP contribution in [0.3, 0.4) is 0 Å². The van der Waals surface area contributed by atoms with Gasteiger partial charge >= 0.3 is 0 Å². The Balaban J connectivity index is 1.53. The number of benzene rings is 2. The van der Waals surface area contributed by atoms with Crippen LogP contribution in [0.1, 0.15) is 17.2 Å². The average molecular weight is 452 g/mol. The minimum absolute atomic E-state index is 0.0516. The van der Waals surface area contributed by atoms with Gasteiger partial charge < -0.3 is 55.1 Å². The lowest BCUT2D eigenvalue weighted by atomic mass is 9.94. The summed E-state index contributed by atoms with van der Waals surface area (Å²) in [6, 6.07) is 6.54. The van der Waals surface area contributed by atoms with Crippen LogP contribution in [-0.2, 0) is 11.2 Å². The number of phenols is 3. The van der Waals surface area contributed by atoms with Crippen LogP contribution in [0.15, 0.2) is 30.3 Å². The number of ether oxygens (including phenoxy) is 3. The van der Waals surface area contributed by atoms with E-state index in [1.165, 1.54) is 24.3 Å². The number of aliphatic hydroxyl groups excluding tert-OH is 5. The molecule has 0 saturated carbocycles. The smallest absolute Gasteiger partial charge is 0.229 e. The fourth-order valence-corrected chi connectivity index (χ4v) is 3.85. The molecular weight excluding hydrogens is 428 g/mol. The van der Waals surface area contributed by atoms with Crippen LogP contribution in [0.25, 0.3) is 0 Å². The molecule has 0 bridgehead atoms. The van der Waals surface area contributed by atoms with Crippen molar-refractivity contribution in [1.82, 2.24) is 0 Å². The molecule has 1 saturated heterocycles. The maximum Gasteiger partial charge on any atom is 0.229 e. The van der Waals surface area contributed by atoms with Crippen molar-refractivity contribution in [3.05, 3.63) is 41.5 Å². The average Bonchev–Trinajstić information content (AvgIpc) is 2.75. The zero-order valence-electron chi connectivity index (χ0n) is 16.6. The van der Waals surface area contributed by atoms with Crippen molar-refractivity contribution in [2.24, 2.45) is 0 Å². The summed E-state index contributed by atoms with van der Waals surface area (Å²) in [5.41, 5.74) is 0.711. The summed E-state index contributed by atoms with van der Waals surface area (Å²) in [5.74, 6) is -0.732. The highest BCUT2D eigenvalue weighted by Gasteiger charge is 2.45. The molecule has 2 aromatic carbocycles. The number of hydrogen-bond donors (Lipinski definition) is 8. The number of aliphatic hydroxyl groups is 5. The van der Waals surface area contributed by atoms with Crippen molar-refractivity contribution in [3.8, 4) is 28.7 Å². The molecule has 2 aliphatic rings. The monoisotopic (exact) mass is 452 g/mol. The number of hydrogen-bond acceptors (Lipinski definition) is 11. The minimum atomic E-state index is -1.65. The zero-order valence-corrected chi connectivity index (χ0v) is 16.6. The van der Waals surface area contributed by atoms with Gasteiger partial charge in [0.15, 0.2) is 11.5 Å². The first kappa shape index (κ1) is 22.4. The van der Waals surface area contributed by atoms with Gasteiger partial charge in [0.05, 0.1) is 12.7 Å². The molecule has 1 fully saturated rings. The van der Waals surface area contributed by atoms with Gasteiger partial charge in [-0.1, -0.05) is 6.07 Å². The standard InChI is InChI=1S/C21H24O11/c22-7-16-17(27)18(28)19(29)21(32-16)31-14-2-1-8(3-12(14)25)20-13(26)6-10-11(24)4-9(23)5-15(10)30-20/h1-5,13,16-29H,6-7H2/t13-,16-,17-,18+,19-,20+,21+/m1/s1. The molecule has 2 aromatic rings. The Morgan fingerprint density at radius 2 is 1.66 bits per heavy atom. The summed E-state index contributed by atoms with van der Waals surface area (Å²) in [6.45, 7) is -0.626. The van der Waals surface area contributed by atoms with Gasteiger partial charge in [0.1, 0.15) is 47.8 Å². The van der Waals surface area contributed by atoms with E-state index in [0.29, 0.717) is 11.1 Å². The summed E-state index contributed by atoms with van der Waals surface area (Å²) < 4.78 is 16.4. The van der Waals surface area contributed by atoms with Gasteiger partial charge in [-0.25, -0.2) is 0 Å². The second-order valence-electron chi connectivity index (χ2n) is 7.79. The molecule has 0 aliphatic carbocycles. The SMILES string of the molecule is OC[C@H]1O[C@H](Oc2ccc([C@@H]3Oc4cc(O)cc(O)c4C[C@H]3O)cc2O)[C@H](O)[C@@H](O)[C@@H]1O. The lowest BCUT2D eigenvalue weighted by Crippen LogP contribution is -2.60. The highest BCUT2D eigenvalue weighted by molar-refractivity contribution is 5.52. The predicted molar refractivity (Wildman–Crippen MR) is 105 cm³/mol. The first-order chi connectivity index (χ1) is 15.2. The Kier molecular flexibility index (Phi) is 6.03.